The summed E-state index contributed by atoms with van der Waals surface area (Å²) in [6.45, 7) is 3.90. The van der Waals surface area contributed by atoms with Crippen LogP contribution in [0.5, 0.6) is 11.5 Å². The molecule has 0 aliphatic rings. The lowest BCUT2D eigenvalue weighted by atomic mass is 10.2. The third-order valence-electron chi connectivity index (χ3n) is 4.05. The van der Waals surface area contributed by atoms with E-state index in [-0.39, 0.29) is 6.10 Å². The number of oxazole rings is 1. The van der Waals surface area contributed by atoms with Gasteiger partial charge in [0.2, 0.25) is 5.89 Å². The van der Waals surface area contributed by atoms with Crippen molar-refractivity contribution in [2.24, 2.45) is 0 Å². The summed E-state index contributed by atoms with van der Waals surface area (Å²) >= 11 is 0. The molecule has 0 saturated carbocycles. The summed E-state index contributed by atoms with van der Waals surface area (Å²) in [5.41, 5.74) is 2.60. The zero-order valence-electron chi connectivity index (χ0n) is 15.6. The molecule has 28 heavy (non-hydrogen) atoms. The summed E-state index contributed by atoms with van der Waals surface area (Å²) in [5, 5.41) is 0. The number of esters is 1. The fourth-order valence-electron chi connectivity index (χ4n) is 2.78. The molecular weight excluding hydrogens is 354 g/mol. The molecule has 0 radical (unpaired) electrons. The Morgan fingerprint density at radius 3 is 2.36 bits per heavy atom. The normalized spacial score (nSPS) is 11.0. The largest absolute Gasteiger partial charge is 0.491 e. The molecular formula is C23H19NO4. The fraction of sp³-hybridized carbons (Fsp3) is 0.130. The molecule has 1 heterocycles. The topological polar surface area (TPSA) is 61.6 Å². The Morgan fingerprint density at radius 1 is 0.929 bits per heavy atom. The Balaban J connectivity index is 1.52. The fourth-order valence-corrected chi connectivity index (χ4v) is 2.78. The number of ether oxygens (including phenoxy) is 2. The van der Waals surface area contributed by atoms with Gasteiger partial charge in [0.05, 0.1) is 11.7 Å². The van der Waals surface area contributed by atoms with Gasteiger partial charge in [0.1, 0.15) is 17.0 Å². The highest BCUT2D eigenvalue weighted by Gasteiger charge is 2.12. The van der Waals surface area contributed by atoms with Crippen LogP contribution in [-0.2, 0) is 0 Å². The van der Waals surface area contributed by atoms with Crippen LogP contribution in [0.1, 0.15) is 24.2 Å². The Kier molecular flexibility index (Phi) is 4.81. The summed E-state index contributed by atoms with van der Waals surface area (Å²) in [6, 6.07) is 21.7. The molecule has 0 unspecified atom stereocenters. The maximum absolute atomic E-state index is 12.4. The van der Waals surface area contributed by atoms with Gasteiger partial charge in [0.25, 0.3) is 0 Å². The first-order valence-corrected chi connectivity index (χ1v) is 9.03. The van der Waals surface area contributed by atoms with E-state index in [1.165, 1.54) is 0 Å². The molecule has 0 amide bonds. The summed E-state index contributed by atoms with van der Waals surface area (Å²) in [6.07, 6.45) is 0.0761. The lowest BCUT2D eigenvalue weighted by Crippen LogP contribution is -2.09. The first kappa shape index (κ1) is 17.8. The van der Waals surface area contributed by atoms with Gasteiger partial charge in [-0.1, -0.05) is 18.2 Å². The van der Waals surface area contributed by atoms with Crippen LogP contribution < -0.4 is 9.47 Å². The van der Waals surface area contributed by atoms with Crippen molar-refractivity contribution in [1.29, 1.82) is 0 Å². The van der Waals surface area contributed by atoms with Crippen molar-refractivity contribution in [2.45, 2.75) is 20.0 Å². The Hall–Kier alpha value is -3.60. The second-order valence-corrected chi connectivity index (χ2v) is 6.60. The van der Waals surface area contributed by atoms with E-state index in [0.717, 1.165) is 5.56 Å². The van der Waals surface area contributed by atoms with Gasteiger partial charge in [-0.15, -0.1) is 0 Å². The molecule has 0 aliphatic carbocycles. The van der Waals surface area contributed by atoms with Crippen LogP contribution in [0.2, 0.25) is 0 Å². The standard InChI is InChI=1S/C23H19NO4/c1-15(2)26-18-10-8-17(9-11-18)23(25)27-19-12-13-20-21(14-19)28-22(24-20)16-6-4-3-5-7-16/h3-15H,1-2H3. The molecule has 4 aromatic rings. The van der Waals surface area contributed by atoms with E-state index in [2.05, 4.69) is 4.98 Å². The minimum Gasteiger partial charge on any atom is -0.491 e. The summed E-state index contributed by atoms with van der Waals surface area (Å²) in [4.78, 5) is 16.9. The lowest BCUT2D eigenvalue weighted by Gasteiger charge is -2.10. The zero-order chi connectivity index (χ0) is 19.5. The number of carbonyl (C=O) groups excluding carboxylic acids is 1. The summed E-state index contributed by atoms with van der Waals surface area (Å²) in [5.74, 6) is 1.19. The smallest absolute Gasteiger partial charge is 0.343 e. The van der Waals surface area contributed by atoms with Gasteiger partial charge < -0.3 is 13.9 Å². The van der Waals surface area contributed by atoms with E-state index >= 15 is 0 Å². The van der Waals surface area contributed by atoms with Crippen molar-refractivity contribution in [2.75, 3.05) is 0 Å². The molecule has 0 spiro atoms. The number of hydrogen-bond donors (Lipinski definition) is 0. The highest BCUT2D eigenvalue weighted by molar-refractivity contribution is 5.91. The highest BCUT2D eigenvalue weighted by Crippen LogP contribution is 2.27. The Labute approximate surface area is 162 Å². The summed E-state index contributed by atoms with van der Waals surface area (Å²) < 4.78 is 16.9. The van der Waals surface area contributed by atoms with Gasteiger partial charge in [0.15, 0.2) is 5.58 Å². The maximum atomic E-state index is 12.4. The molecule has 1 aromatic heterocycles. The quantitative estimate of drug-likeness (QED) is 0.341. The van der Waals surface area contributed by atoms with Crippen molar-refractivity contribution in [3.8, 4) is 23.0 Å². The van der Waals surface area contributed by atoms with Gasteiger partial charge in [-0.3, -0.25) is 0 Å². The van der Waals surface area contributed by atoms with Crippen molar-refractivity contribution in [3.05, 3.63) is 78.4 Å². The van der Waals surface area contributed by atoms with E-state index in [9.17, 15) is 4.79 Å². The number of fused-ring (bicyclic) bond motifs is 1. The van der Waals surface area contributed by atoms with Crippen LogP contribution in [0.15, 0.2) is 77.2 Å². The predicted octanol–water partition coefficient (Wildman–Crippen LogP) is 5.50. The van der Waals surface area contributed by atoms with E-state index in [1.807, 2.05) is 44.2 Å². The average molecular weight is 373 g/mol. The molecule has 0 aliphatic heterocycles. The summed E-state index contributed by atoms with van der Waals surface area (Å²) in [7, 11) is 0. The molecule has 0 saturated heterocycles. The monoisotopic (exact) mass is 373 g/mol. The third kappa shape index (κ3) is 3.88. The lowest BCUT2D eigenvalue weighted by molar-refractivity contribution is 0.0735. The van der Waals surface area contributed by atoms with Crippen molar-refractivity contribution in [3.63, 3.8) is 0 Å². The van der Waals surface area contributed by atoms with Gasteiger partial charge in [0, 0.05) is 11.6 Å². The molecule has 3 aromatic carbocycles. The molecule has 140 valence electrons. The molecule has 4 rings (SSSR count). The molecule has 0 atom stereocenters. The van der Waals surface area contributed by atoms with E-state index in [4.69, 9.17) is 13.9 Å². The van der Waals surface area contributed by atoms with E-state index in [1.54, 1.807) is 42.5 Å². The number of benzene rings is 3. The van der Waals surface area contributed by atoms with Gasteiger partial charge in [-0.25, -0.2) is 9.78 Å². The van der Waals surface area contributed by atoms with Crippen molar-refractivity contribution >= 4 is 17.1 Å². The van der Waals surface area contributed by atoms with Gasteiger partial charge >= 0.3 is 5.97 Å². The number of nitrogens with zero attached hydrogens (tertiary/aromatic N) is 1. The van der Waals surface area contributed by atoms with Crippen LogP contribution in [0.25, 0.3) is 22.6 Å². The first-order valence-electron chi connectivity index (χ1n) is 9.03. The molecule has 5 heteroatoms. The van der Waals surface area contributed by atoms with Crippen molar-refractivity contribution < 1.29 is 18.7 Å². The molecule has 0 fully saturated rings. The number of carbonyl (C=O) groups is 1. The van der Waals surface area contributed by atoms with Gasteiger partial charge in [-0.2, -0.15) is 0 Å². The molecule has 5 nitrogen and oxygen atoms in total. The van der Waals surface area contributed by atoms with Crippen molar-refractivity contribution in [1.82, 2.24) is 4.98 Å². The average Bonchev–Trinajstić information content (AvgIpc) is 3.12. The van der Waals surface area contributed by atoms with E-state index < -0.39 is 5.97 Å². The van der Waals surface area contributed by atoms with Crippen LogP contribution in [0, 0.1) is 0 Å². The Morgan fingerprint density at radius 2 is 1.64 bits per heavy atom. The second kappa shape index (κ2) is 7.56. The predicted molar refractivity (Wildman–Crippen MR) is 107 cm³/mol. The van der Waals surface area contributed by atoms with Crippen LogP contribution in [0.3, 0.4) is 0 Å². The molecule has 0 bridgehead atoms. The minimum atomic E-state index is -0.446. The van der Waals surface area contributed by atoms with Crippen LogP contribution >= 0.6 is 0 Å². The first-order chi connectivity index (χ1) is 13.6. The van der Waals surface area contributed by atoms with Crippen LogP contribution in [0.4, 0.5) is 0 Å². The van der Waals surface area contributed by atoms with E-state index in [0.29, 0.717) is 34.1 Å². The number of aromatic nitrogens is 1. The maximum Gasteiger partial charge on any atom is 0.343 e. The zero-order valence-corrected chi connectivity index (χ0v) is 15.6. The number of rotatable bonds is 5. The molecule has 0 N–H and O–H groups in total. The second-order valence-electron chi connectivity index (χ2n) is 6.60. The SMILES string of the molecule is CC(C)Oc1ccc(C(=O)Oc2ccc3nc(-c4ccccc4)oc3c2)cc1. The Bertz CT molecular complexity index is 1100. The minimum absolute atomic E-state index is 0.0761. The van der Waals surface area contributed by atoms with Crippen LogP contribution in [-0.4, -0.2) is 17.1 Å². The third-order valence-corrected chi connectivity index (χ3v) is 4.05. The highest BCUT2D eigenvalue weighted by atomic mass is 16.5. The number of hydrogen-bond acceptors (Lipinski definition) is 5. The van der Waals surface area contributed by atoms with Gasteiger partial charge in [-0.05, 0) is 62.4 Å².